The summed E-state index contributed by atoms with van der Waals surface area (Å²) in [5.74, 6) is -0.0524. The number of sulfone groups is 1. The summed E-state index contributed by atoms with van der Waals surface area (Å²) in [6.45, 7) is 2.61. The molecule has 2 aromatic heterocycles. The average molecular weight is 450 g/mol. The summed E-state index contributed by atoms with van der Waals surface area (Å²) >= 11 is 0. The summed E-state index contributed by atoms with van der Waals surface area (Å²) in [5, 5.41) is 7.06. The van der Waals surface area contributed by atoms with Crippen molar-refractivity contribution in [3.05, 3.63) is 102 Å². The first-order chi connectivity index (χ1) is 15.4. The van der Waals surface area contributed by atoms with Crippen LogP contribution >= 0.6 is 0 Å². The summed E-state index contributed by atoms with van der Waals surface area (Å²) in [5.41, 5.74) is 2.32. The molecular weight excluding hydrogens is 426 g/mol. The second-order valence-electron chi connectivity index (χ2n) is 7.34. The maximum atomic E-state index is 12.7. The Hall–Kier alpha value is -3.65. The molecule has 0 saturated carbocycles. The number of hydrogen-bond acceptors (Lipinski definition) is 5. The lowest BCUT2D eigenvalue weighted by molar-refractivity contribution is 0.0994. The van der Waals surface area contributed by atoms with E-state index in [0.29, 0.717) is 12.4 Å². The van der Waals surface area contributed by atoms with Gasteiger partial charge in [-0.2, -0.15) is 5.10 Å². The highest BCUT2D eigenvalue weighted by molar-refractivity contribution is 7.90. The standard InChI is InChI=1S/C24H23N3O4S/c1-2-18-8-10-19(11-9-18)16-27-23(14-15-25-27)26-24(28)22-13-12-20(31-22)17-32(29,30)21-6-4-3-5-7-21/h3-15H,2,16-17H2,1H3,(H,26,28). The van der Waals surface area contributed by atoms with Gasteiger partial charge in [-0.15, -0.1) is 0 Å². The van der Waals surface area contributed by atoms with Crippen LogP contribution in [-0.2, 0) is 28.6 Å². The number of carbonyl (C=O) groups excluding carboxylic acids is 1. The Bertz CT molecular complexity index is 1310. The van der Waals surface area contributed by atoms with Gasteiger partial charge in [-0.25, -0.2) is 13.1 Å². The molecule has 0 atom stereocenters. The molecule has 0 fully saturated rings. The van der Waals surface area contributed by atoms with E-state index < -0.39 is 15.7 Å². The van der Waals surface area contributed by atoms with Crippen LogP contribution in [0.15, 0.2) is 88.3 Å². The molecule has 0 saturated heterocycles. The van der Waals surface area contributed by atoms with Gasteiger partial charge in [-0.1, -0.05) is 49.4 Å². The van der Waals surface area contributed by atoms with E-state index in [4.69, 9.17) is 4.42 Å². The van der Waals surface area contributed by atoms with E-state index >= 15 is 0 Å². The summed E-state index contributed by atoms with van der Waals surface area (Å²) in [4.78, 5) is 12.9. The first-order valence-corrected chi connectivity index (χ1v) is 11.9. The molecule has 1 amide bonds. The highest BCUT2D eigenvalue weighted by atomic mass is 32.2. The fourth-order valence-electron chi connectivity index (χ4n) is 3.27. The highest BCUT2D eigenvalue weighted by Crippen LogP contribution is 2.19. The second kappa shape index (κ2) is 9.23. The van der Waals surface area contributed by atoms with Crippen molar-refractivity contribution in [1.29, 1.82) is 0 Å². The van der Waals surface area contributed by atoms with Gasteiger partial charge in [0.25, 0.3) is 5.91 Å². The lowest BCUT2D eigenvalue weighted by atomic mass is 10.1. The maximum absolute atomic E-state index is 12.7. The Labute approximate surface area is 186 Å². The Morgan fingerprint density at radius 3 is 2.41 bits per heavy atom. The van der Waals surface area contributed by atoms with E-state index in [-0.39, 0.29) is 22.2 Å². The fraction of sp³-hybridized carbons (Fsp3) is 0.167. The number of nitrogens with one attached hydrogen (secondary N) is 1. The monoisotopic (exact) mass is 449 g/mol. The molecule has 4 aromatic rings. The Balaban J connectivity index is 1.43. The number of rotatable bonds is 8. The topological polar surface area (TPSA) is 94.2 Å². The zero-order valence-corrected chi connectivity index (χ0v) is 18.4. The molecule has 0 unspecified atom stereocenters. The number of anilines is 1. The van der Waals surface area contributed by atoms with E-state index in [1.54, 1.807) is 35.1 Å². The highest BCUT2D eigenvalue weighted by Gasteiger charge is 2.20. The van der Waals surface area contributed by atoms with Crippen molar-refractivity contribution < 1.29 is 17.6 Å². The lowest BCUT2D eigenvalue weighted by Crippen LogP contribution is -2.15. The molecular formula is C24H23N3O4S. The van der Waals surface area contributed by atoms with Crippen molar-refractivity contribution in [2.24, 2.45) is 0 Å². The number of furan rings is 1. The third-order valence-electron chi connectivity index (χ3n) is 5.04. The van der Waals surface area contributed by atoms with Gasteiger partial charge in [0, 0.05) is 6.07 Å². The lowest BCUT2D eigenvalue weighted by Gasteiger charge is -2.09. The molecule has 2 aromatic carbocycles. The minimum Gasteiger partial charge on any atom is -0.455 e. The van der Waals surface area contributed by atoms with Gasteiger partial charge in [0.15, 0.2) is 15.6 Å². The smallest absolute Gasteiger partial charge is 0.292 e. The van der Waals surface area contributed by atoms with Gasteiger partial charge in [-0.05, 0) is 41.8 Å². The second-order valence-corrected chi connectivity index (χ2v) is 9.33. The minimum atomic E-state index is -3.56. The van der Waals surface area contributed by atoms with Gasteiger partial charge < -0.3 is 9.73 Å². The van der Waals surface area contributed by atoms with Gasteiger partial charge in [0.05, 0.1) is 17.6 Å². The average Bonchev–Trinajstić information content (AvgIpc) is 3.44. The summed E-state index contributed by atoms with van der Waals surface area (Å²) in [6.07, 6.45) is 2.58. The Morgan fingerprint density at radius 1 is 0.969 bits per heavy atom. The van der Waals surface area contributed by atoms with Crippen LogP contribution in [0.2, 0.25) is 0 Å². The van der Waals surface area contributed by atoms with Crippen LogP contribution in [0.25, 0.3) is 0 Å². The van der Waals surface area contributed by atoms with Gasteiger partial charge in [0.1, 0.15) is 17.3 Å². The van der Waals surface area contributed by atoms with E-state index in [0.717, 1.165) is 12.0 Å². The molecule has 0 spiro atoms. The largest absolute Gasteiger partial charge is 0.455 e. The van der Waals surface area contributed by atoms with Crippen molar-refractivity contribution in [3.8, 4) is 0 Å². The van der Waals surface area contributed by atoms with Crippen LogP contribution in [0.4, 0.5) is 5.82 Å². The normalized spacial score (nSPS) is 11.4. The SMILES string of the molecule is CCc1ccc(Cn2nccc2NC(=O)c2ccc(CS(=O)(=O)c3ccccc3)o2)cc1. The van der Waals surface area contributed by atoms with Crippen LogP contribution < -0.4 is 5.32 Å². The Kier molecular flexibility index (Phi) is 6.23. The van der Waals surface area contributed by atoms with E-state index in [2.05, 4.69) is 29.5 Å². The first-order valence-electron chi connectivity index (χ1n) is 10.2. The zero-order chi connectivity index (χ0) is 22.6. The number of aromatic nitrogens is 2. The predicted octanol–water partition coefficient (Wildman–Crippen LogP) is 4.31. The molecule has 0 aliphatic carbocycles. The van der Waals surface area contributed by atoms with Gasteiger partial charge in [-0.3, -0.25) is 4.79 Å². The fourth-order valence-corrected chi connectivity index (χ4v) is 4.54. The van der Waals surface area contributed by atoms with Crippen molar-refractivity contribution in [2.75, 3.05) is 5.32 Å². The number of carbonyl (C=O) groups is 1. The summed E-state index contributed by atoms with van der Waals surface area (Å²) in [7, 11) is -3.56. The predicted molar refractivity (Wildman–Crippen MR) is 121 cm³/mol. The molecule has 0 radical (unpaired) electrons. The van der Waals surface area contributed by atoms with Crippen LogP contribution in [0.5, 0.6) is 0 Å². The molecule has 0 bridgehead atoms. The van der Waals surface area contributed by atoms with Crippen molar-refractivity contribution in [2.45, 2.75) is 30.5 Å². The Morgan fingerprint density at radius 2 is 1.69 bits per heavy atom. The molecule has 32 heavy (non-hydrogen) atoms. The number of aryl methyl sites for hydroxylation is 1. The summed E-state index contributed by atoms with van der Waals surface area (Å²) in [6, 6.07) is 21.0. The number of hydrogen-bond donors (Lipinski definition) is 1. The molecule has 7 nitrogen and oxygen atoms in total. The van der Waals surface area contributed by atoms with E-state index in [1.807, 2.05) is 12.1 Å². The molecule has 4 rings (SSSR count). The number of nitrogens with zero attached hydrogens (tertiary/aromatic N) is 2. The van der Waals surface area contributed by atoms with Crippen molar-refractivity contribution in [3.63, 3.8) is 0 Å². The molecule has 0 aliphatic rings. The van der Waals surface area contributed by atoms with Crippen LogP contribution in [0.3, 0.4) is 0 Å². The minimum absolute atomic E-state index is 0.0308. The van der Waals surface area contributed by atoms with E-state index in [9.17, 15) is 13.2 Å². The van der Waals surface area contributed by atoms with Gasteiger partial charge >= 0.3 is 0 Å². The van der Waals surface area contributed by atoms with Crippen LogP contribution in [0.1, 0.15) is 34.4 Å². The number of benzene rings is 2. The van der Waals surface area contributed by atoms with Crippen molar-refractivity contribution >= 4 is 21.6 Å². The molecule has 164 valence electrons. The number of amides is 1. The molecule has 1 N–H and O–H groups in total. The van der Waals surface area contributed by atoms with E-state index in [1.165, 1.54) is 29.8 Å². The first kappa shape index (κ1) is 21.6. The quantitative estimate of drug-likeness (QED) is 0.432. The maximum Gasteiger partial charge on any atom is 0.292 e. The van der Waals surface area contributed by atoms with Crippen LogP contribution in [0, 0.1) is 0 Å². The van der Waals surface area contributed by atoms with Gasteiger partial charge in [0.2, 0.25) is 0 Å². The van der Waals surface area contributed by atoms with Crippen molar-refractivity contribution in [1.82, 2.24) is 9.78 Å². The summed E-state index contributed by atoms with van der Waals surface area (Å²) < 4.78 is 32.2. The third kappa shape index (κ3) is 4.97. The zero-order valence-electron chi connectivity index (χ0n) is 17.6. The molecule has 0 aliphatic heterocycles. The molecule has 8 heteroatoms. The third-order valence-corrected chi connectivity index (χ3v) is 6.70. The molecule has 2 heterocycles. The van der Waals surface area contributed by atoms with Crippen LogP contribution in [-0.4, -0.2) is 24.1 Å².